The minimum Gasteiger partial charge on any atom is -0.462 e. The minimum atomic E-state index is -0.426. The summed E-state index contributed by atoms with van der Waals surface area (Å²) in [6.45, 7) is 3.77. The number of aryl methyl sites for hydroxylation is 1. The van der Waals surface area contributed by atoms with Gasteiger partial charge in [0, 0.05) is 5.39 Å². The molecule has 0 radical (unpaired) electrons. The van der Waals surface area contributed by atoms with Gasteiger partial charge in [0.05, 0.1) is 12.5 Å². The van der Waals surface area contributed by atoms with E-state index in [2.05, 4.69) is 0 Å². The Kier molecular flexibility index (Phi) is 4.88. The van der Waals surface area contributed by atoms with Crippen LogP contribution in [0.5, 0.6) is 5.75 Å². The fourth-order valence-corrected chi connectivity index (χ4v) is 3.26. The van der Waals surface area contributed by atoms with E-state index < -0.39 is 5.97 Å². The number of ether oxygens (including phenoxy) is 2. The smallest absolute Gasteiger partial charge is 0.342 e. The Hall–Kier alpha value is -2.30. The van der Waals surface area contributed by atoms with Gasteiger partial charge in [0.1, 0.15) is 22.7 Å². The second kappa shape index (κ2) is 7.07. The first-order valence-corrected chi connectivity index (χ1v) is 8.52. The maximum absolute atomic E-state index is 12.3. The van der Waals surface area contributed by atoms with Crippen LogP contribution in [0, 0.1) is 12.8 Å². The number of fused-ring (bicyclic) bond motifs is 1. The molecule has 0 aliphatic heterocycles. The molecule has 5 nitrogen and oxygen atoms in total. The molecule has 1 saturated carbocycles. The summed E-state index contributed by atoms with van der Waals surface area (Å²) in [5.74, 6) is 0.296. The zero-order valence-electron chi connectivity index (χ0n) is 14.1. The molecule has 1 aliphatic rings. The normalized spacial score (nSPS) is 15.4. The highest BCUT2D eigenvalue weighted by atomic mass is 16.5. The van der Waals surface area contributed by atoms with Crippen LogP contribution in [0.2, 0.25) is 0 Å². The molecule has 0 unspecified atom stereocenters. The second-order valence-corrected chi connectivity index (χ2v) is 6.17. The van der Waals surface area contributed by atoms with Gasteiger partial charge in [-0.1, -0.05) is 19.3 Å². The number of rotatable bonds is 4. The molecular weight excluding hydrogens is 308 g/mol. The Balaban J connectivity index is 1.85. The zero-order chi connectivity index (χ0) is 17.1. The lowest BCUT2D eigenvalue weighted by atomic mass is 9.89. The van der Waals surface area contributed by atoms with E-state index >= 15 is 0 Å². The van der Waals surface area contributed by atoms with Gasteiger partial charge in [0.2, 0.25) is 0 Å². The van der Waals surface area contributed by atoms with E-state index in [0.717, 1.165) is 25.7 Å². The van der Waals surface area contributed by atoms with Gasteiger partial charge in [-0.2, -0.15) is 0 Å². The third-order valence-electron chi connectivity index (χ3n) is 4.47. The molecular formula is C19H22O5. The number of benzene rings is 1. The van der Waals surface area contributed by atoms with E-state index in [0.29, 0.717) is 34.6 Å². The predicted octanol–water partition coefficient (Wildman–Crippen LogP) is 4.40. The van der Waals surface area contributed by atoms with Crippen LogP contribution in [-0.4, -0.2) is 18.5 Å². The third-order valence-corrected chi connectivity index (χ3v) is 4.47. The van der Waals surface area contributed by atoms with Gasteiger partial charge in [0.25, 0.3) is 0 Å². The lowest BCUT2D eigenvalue weighted by Crippen LogP contribution is -2.22. The van der Waals surface area contributed by atoms with Gasteiger partial charge in [-0.05, 0) is 44.9 Å². The van der Waals surface area contributed by atoms with Crippen molar-refractivity contribution >= 4 is 22.9 Å². The molecule has 1 aromatic heterocycles. The number of hydrogen-bond acceptors (Lipinski definition) is 5. The SMILES string of the molecule is CCOC(=O)c1c(C)oc2ccc(OC(=O)C3CCCCC3)cc12. The lowest BCUT2D eigenvalue weighted by molar-refractivity contribution is -0.139. The topological polar surface area (TPSA) is 65.7 Å². The number of esters is 2. The van der Waals surface area contributed by atoms with Crippen molar-refractivity contribution in [1.29, 1.82) is 0 Å². The molecule has 0 atom stereocenters. The van der Waals surface area contributed by atoms with Gasteiger partial charge in [0.15, 0.2) is 0 Å². The molecule has 1 aliphatic carbocycles. The molecule has 24 heavy (non-hydrogen) atoms. The average molecular weight is 330 g/mol. The van der Waals surface area contributed by atoms with Crippen LogP contribution >= 0.6 is 0 Å². The van der Waals surface area contributed by atoms with Crippen molar-refractivity contribution in [3.05, 3.63) is 29.5 Å². The highest BCUT2D eigenvalue weighted by Crippen LogP contribution is 2.31. The summed E-state index contributed by atoms with van der Waals surface area (Å²) in [5, 5.41) is 0.611. The van der Waals surface area contributed by atoms with Crippen LogP contribution in [0.25, 0.3) is 11.0 Å². The van der Waals surface area contributed by atoms with Crippen molar-refractivity contribution in [2.24, 2.45) is 5.92 Å². The first-order chi connectivity index (χ1) is 11.6. The standard InChI is InChI=1S/C19H22O5/c1-3-22-19(21)17-12(2)23-16-10-9-14(11-15(16)17)24-18(20)13-7-5-4-6-8-13/h9-11,13H,3-8H2,1-2H3. The summed E-state index contributed by atoms with van der Waals surface area (Å²) >= 11 is 0. The average Bonchev–Trinajstić information content (AvgIpc) is 2.91. The highest BCUT2D eigenvalue weighted by molar-refractivity contribution is 6.05. The van der Waals surface area contributed by atoms with E-state index in [-0.39, 0.29) is 11.9 Å². The molecule has 0 bridgehead atoms. The van der Waals surface area contributed by atoms with E-state index in [1.807, 2.05) is 0 Å². The second-order valence-electron chi connectivity index (χ2n) is 6.17. The summed E-state index contributed by atoms with van der Waals surface area (Å²) in [4.78, 5) is 24.4. The van der Waals surface area contributed by atoms with Crippen LogP contribution < -0.4 is 4.74 Å². The van der Waals surface area contributed by atoms with Crippen molar-refractivity contribution < 1.29 is 23.5 Å². The summed E-state index contributed by atoms with van der Waals surface area (Å²) < 4.78 is 16.2. The Labute approximate surface area is 140 Å². The largest absolute Gasteiger partial charge is 0.462 e. The minimum absolute atomic E-state index is 0.0231. The van der Waals surface area contributed by atoms with Crippen LogP contribution in [-0.2, 0) is 9.53 Å². The molecule has 1 fully saturated rings. The number of carbonyl (C=O) groups is 2. The van der Waals surface area contributed by atoms with Gasteiger partial charge in [-0.25, -0.2) is 4.79 Å². The highest BCUT2D eigenvalue weighted by Gasteiger charge is 2.24. The monoisotopic (exact) mass is 330 g/mol. The van der Waals surface area contributed by atoms with Crippen molar-refractivity contribution in [1.82, 2.24) is 0 Å². The van der Waals surface area contributed by atoms with E-state index in [1.54, 1.807) is 32.0 Å². The molecule has 1 heterocycles. The molecule has 0 amide bonds. The van der Waals surface area contributed by atoms with E-state index in [9.17, 15) is 9.59 Å². The maximum atomic E-state index is 12.3. The fourth-order valence-electron chi connectivity index (χ4n) is 3.26. The van der Waals surface area contributed by atoms with Crippen molar-refractivity contribution in [3.63, 3.8) is 0 Å². The Morgan fingerprint density at radius 2 is 1.96 bits per heavy atom. The number of hydrogen-bond donors (Lipinski definition) is 0. The first kappa shape index (κ1) is 16.6. The Bertz CT molecular complexity index is 752. The third kappa shape index (κ3) is 3.30. The van der Waals surface area contributed by atoms with Crippen LogP contribution in [0.1, 0.15) is 55.1 Å². The molecule has 0 N–H and O–H groups in total. The summed E-state index contributed by atoms with van der Waals surface area (Å²) in [5.41, 5.74) is 0.968. The Morgan fingerprint density at radius 3 is 2.67 bits per heavy atom. The zero-order valence-corrected chi connectivity index (χ0v) is 14.1. The first-order valence-electron chi connectivity index (χ1n) is 8.52. The predicted molar refractivity (Wildman–Crippen MR) is 89.1 cm³/mol. The van der Waals surface area contributed by atoms with Gasteiger partial charge >= 0.3 is 11.9 Å². The van der Waals surface area contributed by atoms with Crippen LogP contribution in [0.3, 0.4) is 0 Å². The Morgan fingerprint density at radius 1 is 1.21 bits per heavy atom. The summed E-state index contributed by atoms with van der Waals surface area (Å²) in [6.07, 6.45) is 5.12. The molecule has 5 heteroatoms. The molecule has 0 saturated heterocycles. The van der Waals surface area contributed by atoms with Crippen molar-refractivity contribution in [3.8, 4) is 5.75 Å². The number of furan rings is 1. The van der Waals surface area contributed by atoms with E-state index in [1.165, 1.54) is 6.42 Å². The molecule has 1 aromatic carbocycles. The van der Waals surface area contributed by atoms with Crippen molar-refractivity contribution in [2.75, 3.05) is 6.61 Å². The van der Waals surface area contributed by atoms with Gasteiger partial charge in [-0.3, -0.25) is 4.79 Å². The summed E-state index contributed by atoms with van der Waals surface area (Å²) in [7, 11) is 0. The molecule has 0 spiro atoms. The quantitative estimate of drug-likeness (QED) is 0.614. The molecule has 128 valence electrons. The maximum Gasteiger partial charge on any atom is 0.342 e. The van der Waals surface area contributed by atoms with E-state index in [4.69, 9.17) is 13.9 Å². The van der Waals surface area contributed by atoms with Gasteiger partial charge < -0.3 is 13.9 Å². The summed E-state index contributed by atoms with van der Waals surface area (Å²) in [6, 6.07) is 5.09. The van der Waals surface area contributed by atoms with Crippen molar-refractivity contribution in [2.45, 2.75) is 46.0 Å². The molecule has 2 aromatic rings. The lowest BCUT2D eigenvalue weighted by Gasteiger charge is -2.19. The fraction of sp³-hybridized carbons (Fsp3) is 0.474. The van der Waals surface area contributed by atoms with Crippen LogP contribution in [0.15, 0.2) is 22.6 Å². The van der Waals surface area contributed by atoms with Crippen LogP contribution in [0.4, 0.5) is 0 Å². The molecule has 3 rings (SSSR count). The van der Waals surface area contributed by atoms with Gasteiger partial charge in [-0.15, -0.1) is 0 Å². The number of carbonyl (C=O) groups excluding carboxylic acids is 2.